The quantitative estimate of drug-likeness (QED) is 0.270. The number of nitrogens with zero attached hydrogens (tertiary/aromatic N) is 3. The van der Waals surface area contributed by atoms with Gasteiger partial charge in [0.05, 0.1) is 10.6 Å². The molecule has 3 aromatic rings. The predicted octanol–water partition coefficient (Wildman–Crippen LogP) is 4.33. The molecule has 1 aliphatic heterocycles. The van der Waals surface area contributed by atoms with Crippen LogP contribution in [-0.4, -0.2) is 53.5 Å². The fourth-order valence-electron chi connectivity index (χ4n) is 3.55. The van der Waals surface area contributed by atoms with Crippen LogP contribution in [0.1, 0.15) is 46.4 Å². The summed E-state index contributed by atoms with van der Waals surface area (Å²) in [5.74, 6) is -0.280. The van der Waals surface area contributed by atoms with Crippen molar-refractivity contribution in [1.29, 1.82) is 0 Å². The average molecular weight is 517 g/mol. The fourth-order valence-corrected chi connectivity index (χ4v) is 6.76. The lowest BCUT2D eigenvalue weighted by Crippen LogP contribution is -2.32. The minimum Gasteiger partial charge on any atom is -0.296 e. The van der Waals surface area contributed by atoms with Gasteiger partial charge in [0.25, 0.3) is 5.91 Å². The lowest BCUT2D eigenvalue weighted by atomic mass is 10.2. The maximum atomic E-state index is 13.0. The maximum Gasteiger partial charge on any atom is 0.257 e. The van der Waals surface area contributed by atoms with Crippen LogP contribution in [0.3, 0.4) is 0 Å². The van der Waals surface area contributed by atoms with Crippen LogP contribution in [0.5, 0.6) is 0 Å². The molecule has 0 bridgehead atoms. The SMILES string of the molecule is O=C(CSc1nnc(NC(=O)c2cccc(S(=O)(=O)N3CCCCCC3)c2)s1)c1ccccc1. The number of rotatable bonds is 8. The molecule has 4 rings (SSSR count). The molecule has 2 heterocycles. The summed E-state index contributed by atoms with van der Waals surface area (Å²) in [6.07, 6.45) is 3.73. The summed E-state index contributed by atoms with van der Waals surface area (Å²) in [7, 11) is -3.66. The Bertz CT molecular complexity index is 1250. The summed E-state index contributed by atoms with van der Waals surface area (Å²) in [5, 5.41) is 10.9. The van der Waals surface area contributed by atoms with E-state index >= 15 is 0 Å². The van der Waals surface area contributed by atoms with E-state index in [1.54, 1.807) is 24.3 Å². The van der Waals surface area contributed by atoms with Crippen molar-refractivity contribution in [2.45, 2.75) is 34.9 Å². The molecule has 1 saturated heterocycles. The zero-order valence-electron chi connectivity index (χ0n) is 18.3. The molecule has 0 atom stereocenters. The molecule has 11 heteroatoms. The van der Waals surface area contributed by atoms with Crippen molar-refractivity contribution < 1.29 is 18.0 Å². The number of aromatic nitrogens is 2. The van der Waals surface area contributed by atoms with E-state index in [4.69, 9.17) is 0 Å². The van der Waals surface area contributed by atoms with Crippen LogP contribution in [0.15, 0.2) is 63.8 Å². The van der Waals surface area contributed by atoms with Crippen molar-refractivity contribution >= 4 is 49.9 Å². The summed E-state index contributed by atoms with van der Waals surface area (Å²) in [6, 6.07) is 15.0. The Labute approximate surface area is 206 Å². The second-order valence-corrected chi connectivity index (χ2v) is 11.9. The molecular weight excluding hydrogens is 492 g/mol. The number of nitrogens with one attached hydrogen (secondary N) is 1. The van der Waals surface area contributed by atoms with E-state index in [-0.39, 0.29) is 27.1 Å². The van der Waals surface area contributed by atoms with Crippen molar-refractivity contribution in [3.8, 4) is 0 Å². The molecule has 1 amide bonds. The molecule has 8 nitrogen and oxygen atoms in total. The van der Waals surface area contributed by atoms with E-state index in [1.807, 2.05) is 18.2 Å². The van der Waals surface area contributed by atoms with Crippen LogP contribution in [0.4, 0.5) is 5.13 Å². The van der Waals surface area contributed by atoms with E-state index < -0.39 is 15.9 Å². The minimum absolute atomic E-state index is 0.0196. The summed E-state index contributed by atoms with van der Waals surface area (Å²) in [4.78, 5) is 25.1. The van der Waals surface area contributed by atoms with Gasteiger partial charge in [-0.2, -0.15) is 4.31 Å². The van der Waals surface area contributed by atoms with E-state index in [9.17, 15) is 18.0 Å². The Hall–Kier alpha value is -2.60. The third-order valence-electron chi connectivity index (χ3n) is 5.35. The van der Waals surface area contributed by atoms with Crippen molar-refractivity contribution in [3.63, 3.8) is 0 Å². The zero-order chi connectivity index (χ0) is 24.0. The largest absolute Gasteiger partial charge is 0.296 e. The minimum atomic E-state index is -3.66. The number of carbonyl (C=O) groups is 2. The number of sulfonamides is 1. The van der Waals surface area contributed by atoms with Gasteiger partial charge < -0.3 is 0 Å². The first-order chi connectivity index (χ1) is 16.4. The highest BCUT2D eigenvalue weighted by Gasteiger charge is 2.26. The van der Waals surface area contributed by atoms with Gasteiger partial charge >= 0.3 is 0 Å². The van der Waals surface area contributed by atoms with Gasteiger partial charge in [0, 0.05) is 24.2 Å². The third-order valence-corrected chi connectivity index (χ3v) is 9.22. The number of Topliss-reactive ketones (excluding diaryl/α,β-unsaturated/α-hetero) is 1. The van der Waals surface area contributed by atoms with Crippen LogP contribution in [0.2, 0.25) is 0 Å². The Kier molecular flexibility index (Phi) is 8.09. The molecule has 1 aliphatic rings. The Morgan fingerprint density at radius 2 is 1.65 bits per heavy atom. The van der Waals surface area contributed by atoms with E-state index in [0.717, 1.165) is 37.0 Å². The molecule has 0 saturated carbocycles. The van der Waals surface area contributed by atoms with Gasteiger partial charge in [-0.1, -0.05) is 72.3 Å². The third kappa shape index (κ3) is 6.09. The Morgan fingerprint density at radius 1 is 0.941 bits per heavy atom. The second kappa shape index (κ2) is 11.2. The van der Waals surface area contributed by atoms with Gasteiger partial charge in [-0.3, -0.25) is 14.9 Å². The highest BCUT2D eigenvalue weighted by Crippen LogP contribution is 2.27. The highest BCUT2D eigenvalue weighted by molar-refractivity contribution is 8.01. The first-order valence-corrected chi connectivity index (χ1v) is 14.1. The standard InChI is InChI=1S/C23H24N4O4S3/c28-20(17-9-4-3-5-10-17)16-32-23-26-25-22(33-23)24-21(29)18-11-8-12-19(15-18)34(30,31)27-13-6-1-2-7-14-27/h3-5,8-12,15H,1-2,6-7,13-14,16H2,(H,24,25,29). The summed E-state index contributed by atoms with van der Waals surface area (Å²) >= 11 is 2.41. The van der Waals surface area contributed by atoms with Crippen molar-refractivity contribution in [1.82, 2.24) is 14.5 Å². The van der Waals surface area contributed by atoms with Gasteiger partial charge in [-0.25, -0.2) is 8.42 Å². The molecule has 1 N–H and O–H groups in total. The van der Waals surface area contributed by atoms with Gasteiger partial charge in [0.15, 0.2) is 10.1 Å². The van der Waals surface area contributed by atoms with Crippen molar-refractivity contribution in [2.75, 3.05) is 24.2 Å². The van der Waals surface area contributed by atoms with Crippen molar-refractivity contribution in [3.05, 3.63) is 65.7 Å². The Balaban J connectivity index is 1.39. The van der Waals surface area contributed by atoms with E-state index in [2.05, 4.69) is 15.5 Å². The normalized spacial score (nSPS) is 14.9. The molecule has 34 heavy (non-hydrogen) atoms. The van der Waals surface area contributed by atoms with Gasteiger partial charge in [0.1, 0.15) is 0 Å². The van der Waals surface area contributed by atoms with Crippen LogP contribution >= 0.6 is 23.1 Å². The topological polar surface area (TPSA) is 109 Å². The smallest absolute Gasteiger partial charge is 0.257 e. The molecule has 0 unspecified atom stereocenters. The first kappa shape index (κ1) is 24.5. The lowest BCUT2D eigenvalue weighted by molar-refractivity contribution is 0.101. The summed E-state index contributed by atoms with van der Waals surface area (Å²) < 4.78 is 28.2. The van der Waals surface area contributed by atoms with E-state index in [0.29, 0.717) is 23.0 Å². The first-order valence-electron chi connectivity index (χ1n) is 10.9. The average Bonchev–Trinajstić information content (AvgIpc) is 3.11. The molecule has 1 fully saturated rings. The molecule has 0 spiro atoms. The molecule has 0 radical (unpaired) electrons. The Morgan fingerprint density at radius 3 is 2.38 bits per heavy atom. The number of thioether (sulfide) groups is 1. The predicted molar refractivity (Wildman–Crippen MR) is 133 cm³/mol. The number of carbonyl (C=O) groups excluding carboxylic acids is 2. The summed E-state index contributed by atoms with van der Waals surface area (Å²) in [6.45, 7) is 0.994. The van der Waals surface area contributed by atoms with Crippen molar-refractivity contribution in [2.24, 2.45) is 0 Å². The molecular formula is C23H24N4O4S3. The zero-order valence-corrected chi connectivity index (χ0v) is 20.8. The van der Waals surface area contributed by atoms with Crippen LogP contribution < -0.4 is 5.32 Å². The fraction of sp³-hybridized carbons (Fsp3) is 0.304. The highest BCUT2D eigenvalue weighted by atomic mass is 32.2. The van der Waals surface area contributed by atoms with Crippen LogP contribution in [0, 0.1) is 0 Å². The molecule has 2 aromatic carbocycles. The molecule has 178 valence electrons. The number of benzene rings is 2. The molecule has 0 aliphatic carbocycles. The molecule has 1 aromatic heterocycles. The summed E-state index contributed by atoms with van der Waals surface area (Å²) in [5.41, 5.74) is 0.850. The van der Waals surface area contributed by atoms with Gasteiger partial charge in [0.2, 0.25) is 15.2 Å². The lowest BCUT2D eigenvalue weighted by Gasteiger charge is -2.20. The van der Waals surface area contributed by atoms with Gasteiger partial charge in [-0.05, 0) is 31.0 Å². The van der Waals surface area contributed by atoms with Crippen LogP contribution in [-0.2, 0) is 10.0 Å². The number of amides is 1. The number of anilines is 1. The monoisotopic (exact) mass is 516 g/mol. The maximum absolute atomic E-state index is 13.0. The number of ketones is 1. The number of hydrogen-bond acceptors (Lipinski definition) is 8. The van der Waals surface area contributed by atoms with E-state index in [1.165, 1.54) is 28.2 Å². The number of hydrogen-bond donors (Lipinski definition) is 1. The van der Waals surface area contributed by atoms with Gasteiger partial charge in [-0.15, -0.1) is 10.2 Å². The second-order valence-electron chi connectivity index (χ2n) is 7.75. The van der Waals surface area contributed by atoms with Crippen LogP contribution in [0.25, 0.3) is 0 Å².